The number of ketones is 1. The highest BCUT2D eigenvalue weighted by atomic mass is 79.9. The average Bonchev–Trinajstić information content (AvgIpc) is 2.45. The van der Waals surface area contributed by atoms with Gasteiger partial charge >= 0.3 is 5.97 Å². The number of ether oxygens (including phenoxy) is 1. The van der Waals surface area contributed by atoms with Crippen molar-refractivity contribution < 1.29 is 23.8 Å². The molecule has 6 heteroatoms. The van der Waals surface area contributed by atoms with Crippen molar-refractivity contribution in [1.29, 1.82) is 0 Å². The Morgan fingerprint density at radius 3 is 2.38 bits per heavy atom. The minimum absolute atomic E-state index is 0.0496. The van der Waals surface area contributed by atoms with Crippen LogP contribution in [0.1, 0.15) is 20.7 Å². The molecule has 0 amide bonds. The average molecular weight is 353 g/mol. The Bertz CT molecular complexity index is 683. The molecule has 0 saturated heterocycles. The van der Waals surface area contributed by atoms with Gasteiger partial charge in [0, 0.05) is 10.0 Å². The summed E-state index contributed by atoms with van der Waals surface area (Å²) < 4.78 is 18.6. The molecule has 0 aliphatic carbocycles. The van der Waals surface area contributed by atoms with Crippen molar-refractivity contribution in [3.8, 4) is 5.75 Å². The van der Waals surface area contributed by atoms with E-state index in [2.05, 4.69) is 15.9 Å². The predicted molar refractivity (Wildman–Crippen MR) is 77.3 cm³/mol. The summed E-state index contributed by atoms with van der Waals surface area (Å²) >= 11 is 3.17. The minimum Gasteiger partial charge on any atom is -0.485 e. The monoisotopic (exact) mass is 352 g/mol. The summed E-state index contributed by atoms with van der Waals surface area (Å²) in [5.41, 5.74) is 0.374. The number of rotatable bonds is 5. The topological polar surface area (TPSA) is 63.6 Å². The van der Waals surface area contributed by atoms with Crippen molar-refractivity contribution in [3.63, 3.8) is 0 Å². The summed E-state index contributed by atoms with van der Waals surface area (Å²) in [6.07, 6.45) is 0. The second kappa shape index (κ2) is 6.49. The molecule has 4 nitrogen and oxygen atoms in total. The van der Waals surface area contributed by atoms with Crippen LogP contribution in [-0.4, -0.2) is 23.5 Å². The SMILES string of the molecule is O=C(O)c1cc(Br)cc(OCC(=O)c2ccc(F)cc2)c1. The van der Waals surface area contributed by atoms with Gasteiger partial charge in [0.25, 0.3) is 0 Å². The van der Waals surface area contributed by atoms with Crippen molar-refractivity contribution in [1.82, 2.24) is 0 Å². The number of carbonyl (C=O) groups excluding carboxylic acids is 1. The zero-order chi connectivity index (χ0) is 15.4. The third-order valence-corrected chi connectivity index (χ3v) is 3.11. The summed E-state index contributed by atoms with van der Waals surface area (Å²) in [6.45, 7) is -0.263. The molecule has 0 aromatic heterocycles. The van der Waals surface area contributed by atoms with E-state index in [1.54, 1.807) is 6.07 Å². The Hall–Kier alpha value is -2.21. The fraction of sp³-hybridized carbons (Fsp3) is 0.0667. The van der Waals surface area contributed by atoms with E-state index in [4.69, 9.17) is 9.84 Å². The standard InChI is InChI=1S/C15H10BrFO4/c16-11-5-10(15(19)20)6-13(7-11)21-8-14(18)9-1-3-12(17)4-2-9/h1-7H,8H2,(H,19,20). The minimum atomic E-state index is -1.09. The third kappa shape index (κ3) is 4.13. The lowest BCUT2D eigenvalue weighted by Gasteiger charge is -2.07. The van der Waals surface area contributed by atoms with Crippen LogP contribution in [0.15, 0.2) is 46.9 Å². The fourth-order valence-electron chi connectivity index (χ4n) is 1.64. The normalized spacial score (nSPS) is 10.2. The Labute approximate surface area is 128 Å². The van der Waals surface area contributed by atoms with Crippen LogP contribution in [0.3, 0.4) is 0 Å². The van der Waals surface area contributed by atoms with Crippen LogP contribution < -0.4 is 4.74 Å². The first-order valence-corrected chi connectivity index (χ1v) is 6.70. The summed E-state index contributed by atoms with van der Waals surface area (Å²) in [7, 11) is 0. The van der Waals surface area contributed by atoms with E-state index in [0.29, 0.717) is 10.0 Å². The summed E-state index contributed by atoms with van der Waals surface area (Å²) in [5, 5.41) is 8.94. The second-order valence-electron chi connectivity index (χ2n) is 4.20. The highest BCUT2D eigenvalue weighted by molar-refractivity contribution is 9.10. The van der Waals surface area contributed by atoms with Crippen LogP contribution in [0.4, 0.5) is 4.39 Å². The van der Waals surface area contributed by atoms with E-state index in [0.717, 1.165) is 0 Å². The van der Waals surface area contributed by atoms with Gasteiger partial charge in [0.1, 0.15) is 11.6 Å². The van der Waals surface area contributed by atoms with Gasteiger partial charge in [0.15, 0.2) is 12.4 Å². The maximum absolute atomic E-state index is 12.8. The maximum atomic E-state index is 12.8. The third-order valence-electron chi connectivity index (χ3n) is 2.65. The highest BCUT2D eigenvalue weighted by Gasteiger charge is 2.10. The van der Waals surface area contributed by atoms with Gasteiger partial charge in [-0.25, -0.2) is 9.18 Å². The molecule has 0 saturated carbocycles. The summed E-state index contributed by atoms with van der Waals surface area (Å²) in [4.78, 5) is 22.8. The molecule has 0 atom stereocenters. The van der Waals surface area contributed by atoms with E-state index in [1.165, 1.54) is 36.4 Å². The predicted octanol–water partition coefficient (Wildman–Crippen LogP) is 3.55. The van der Waals surface area contributed by atoms with Gasteiger partial charge < -0.3 is 9.84 Å². The van der Waals surface area contributed by atoms with Gasteiger partial charge in [-0.3, -0.25) is 4.79 Å². The molecule has 0 unspecified atom stereocenters. The van der Waals surface area contributed by atoms with Crippen molar-refractivity contribution in [3.05, 3.63) is 63.9 Å². The van der Waals surface area contributed by atoms with E-state index < -0.39 is 11.8 Å². The number of hydrogen-bond acceptors (Lipinski definition) is 3. The highest BCUT2D eigenvalue weighted by Crippen LogP contribution is 2.22. The molecule has 1 N–H and O–H groups in total. The van der Waals surface area contributed by atoms with E-state index in [9.17, 15) is 14.0 Å². The smallest absolute Gasteiger partial charge is 0.335 e. The molecule has 2 rings (SSSR count). The van der Waals surface area contributed by atoms with Gasteiger partial charge in [-0.1, -0.05) is 15.9 Å². The Morgan fingerprint density at radius 1 is 1.10 bits per heavy atom. The van der Waals surface area contributed by atoms with Crippen molar-refractivity contribution >= 4 is 27.7 Å². The molecule has 0 aliphatic rings. The molecule has 0 radical (unpaired) electrons. The first kappa shape index (κ1) is 15.2. The van der Waals surface area contributed by atoms with Crippen LogP contribution in [0.2, 0.25) is 0 Å². The van der Waals surface area contributed by atoms with Crippen molar-refractivity contribution in [2.24, 2.45) is 0 Å². The quantitative estimate of drug-likeness (QED) is 0.835. The van der Waals surface area contributed by atoms with Crippen molar-refractivity contribution in [2.75, 3.05) is 6.61 Å². The molecule has 2 aromatic rings. The van der Waals surface area contributed by atoms with E-state index in [-0.39, 0.29) is 23.7 Å². The number of carboxylic acids is 1. The van der Waals surface area contributed by atoms with Crippen LogP contribution in [-0.2, 0) is 0 Å². The molecule has 0 bridgehead atoms. The number of Topliss-reactive ketones (excluding diaryl/α,β-unsaturated/α-hetero) is 1. The van der Waals surface area contributed by atoms with Crippen LogP contribution >= 0.6 is 15.9 Å². The van der Waals surface area contributed by atoms with Gasteiger partial charge in [0.05, 0.1) is 5.56 Å². The van der Waals surface area contributed by atoms with Gasteiger partial charge in [-0.2, -0.15) is 0 Å². The molecule has 108 valence electrons. The molecule has 21 heavy (non-hydrogen) atoms. The number of hydrogen-bond donors (Lipinski definition) is 1. The van der Waals surface area contributed by atoms with Crippen LogP contribution in [0.5, 0.6) is 5.75 Å². The lowest BCUT2D eigenvalue weighted by atomic mass is 10.1. The van der Waals surface area contributed by atoms with Crippen LogP contribution in [0.25, 0.3) is 0 Å². The molecule has 0 aliphatic heterocycles. The maximum Gasteiger partial charge on any atom is 0.335 e. The second-order valence-corrected chi connectivity index (χ2v) is 5.12. The number of carboxylic acid groups (broad SMARTS) is 1. The Kier molecular flexibility index (Phi) is 4.70. The van der Waals surface area contributed by atoms with Crippen LogP contribution in [0, 0.1) is 5.82 Å². The number of carbonyl (C=O) groups is 2. The lowest BCUT2D eigenvalue weighted by molar-refractivity contribution is 0.0696. The Balaban J connectivity index is 2.07. The van der Waals surface area contributed by atoms with Crippen molar-refractivity contribution in [2.45, 2.75) is 0 Å². The zero-order valence-corrected chi connectivity index (χ0v) is 12.3. The van der Waals surface area contributed by atoms with E-state index in [1.807, 2.05) is 0 Å². The van der Waals surface area contributed by atoms with E-state index >= 15 is 0 Å². The lowest BCUT2D eigenvalue weighted by Crippen LogP contribution is -2.12. The molecule has 0 heterocycles. The number of benzene rings is 2. The first-order valence-electron chi connectivity index (χ1n) is 5.91. The molecule has 2 aromatic carbocycles. The molecular weight excluding hydrogens is 343 g/mol. The summed E-state index contributed by atoms with van der Waals surface area (Å²) in [5.74, 6) is -1.58. The van der Waals surface area contributed by atoms with Gasteiger partial charge in [-0.15, -0.1) is 0 Å². The zero-order valence-electron chi connectivity index (χ0n) is 10.7. The van der Waals surface area contributed by atoms with Gasteiger partial charge in [0.2, 0.25) is 0 Å². The Morgan fingerprint density at radius 2 is 1.76 bits per heavy atom. The summed E-state index contributed by atoms with van der Waals surface area (Å²) in [6, 6.07) is 9.42. The molecule has 0 fully saturated rings. The largest absolute Gasteiger partial charge is 0.485 e. The number of halogens is 2. The molecule has 0 spiro atoms. The number of aromatic carboxylic acids is 1. The fourth-order valence-corrected chi connectivity index (χ4v) is 2.11. The first-order chi connectivity index (χ1) is 9.95. The molecular formula is C15H10BrFO4. The van der Waals surface area contributed by atoms with Gasteiger partial charge in [-0.05, 0) is 42.5 Å².